The zero-order valence-corrected chi connectivity index (χ0v) is 12.5. The van der Waals surface area contributed by atoms with Crippen LogP contribution in [0.25, 0.3) is 0 Å². The maximum absolute atomic E-state index is 13.5. The molecule has 2 rings (SSSR count). The zero-order valence-electron chi connectivity index (χ0n) is 12.5. The van der Waals surface area contributed by atoms with E-state index in [2.05, 4.69) is 20.8 Å². The first-order valence-corrected chi connectivity index (χ1v) is 6.95. The van der Waals surface area contributed by atoms with E-state index < -0.39 is 5.82 Å². The second kappa shape index (κ2) is 5.97. The highest BCUT2D eigenvalue weighted by Gasteiger charge is 2.18. The van der Waals surface area contributed by atoms with Gasteiger partial charge in [-0.3, -0.25) is 0 Å². The average Bonchev–Trinajstić information content (AvgIpc) is 2.48. The predicted octanol–water partition coefficient (Wildman–Crippen LogP) is 5.18. The van der Waals surface area contributed by atoms with E-state index in [9.17, 15) is 4.39 Å². The Morgan fingerprint density at radius 3 is 2.38 bits per heavy atom. The summed E-state index contributed by atoms with van der Waals surface area (Å²) in [6, 6.07) is 13.9. The van der Waals surface area contributed by atoms with Crippen molar-refractivity contribution in [3.05, 3.63) is 59.4 Å². The molecule has 0 fully saturated rings. The molecule has 108 valence electrons. The lowest BCUT2D eigenvalue weighted by Crippen LogP contribution is -2.14. The van der Waals surface area contributed by atoms with Crippen molar-refractivity contribution in [3.8, 4) is 17.6 Å². The first-order valence-electron chi connectivity index (χ1n) is 6.95. The quantitative estimate of drug-likeness (QED) is 0.774. The van der Waals surface area contributed by atoms with Gasteiger partial charge in [-0.2, -0.15) is 5.26 Å². The van der Waals surface area contributed by atoms with Crippen molar-refractivity contribution in [1.82, 2.24) is 0 Å². The molecule has 2 aromatic carbocycles. The van der Waals surface area contributed by atoms with Crippen LogP contribution in [0.1, 0.15) is 38.3 Å². The summed E-state index contributed by atoms with van der Waals surface area (Å²) in [5.74, 6) is 0.256. The van der Waals surface area contributed by atoms with Gasteiger partial charge in [-0.1, -0.05) is 39.0 Å². The molecule has 0 spiro atoms. The van der Waals surface area contributed by atoms with Crippen LogP contribution >= 0.6 is 0 Å². The van der Waals surface area contributed by atoms with Crippen LogP contribution in [0, 0.1) is 17.1 Å². The smallest absolute Gasteiger partial charge is 0.148 e. The topological polar surface area (TPSA) is 33.0 Å². The van der Waals surface area contributed by atoms with Crippen LogP contribution in [-0.2, 0) is 5.41 Å². The number of rotatable bonds is 4. The van der Waals surface area contributed by atoms with Crippen LogP contribution in [0.15, 0.2) is 42.5 Å². The van der Waals surface area contributed by atoms with Crippen molar-refractivity contribution in [2.24, 2.45) is 0 Å². The molecule has 2 aromatic rings. The molecular weight excluding hydrogens is 265 g/mol. The van der Waals surface area contributed by atoms with E-state index in [0.29, 0.717) is 5.75 Å². The molecule has 21 heavy (non-hydrogen) atoms. The first-order chi connectivity index (χ1) is 9.97. The van der Waals surface area contributed by atoms with Gasteiger partial charge < -0.3 is 4.74 Å². The van der Waals surface area contributed by atoms with Crippen LogP contribution in [0.2, 0.25) is 0 Å². The van der Waals surface area contributed by atoms with Crippen molar-refractivity contribution in [2.75, 3.05) is 0 Å². The number of ether oxygens (including phenoxy) is 1. The highest BCUT2D eigenvalue weighted by molar-refractivity contribution is 5.46. The standard InChI is InChI=1S/C18H18FNO/c1-4-18(2,3)13-8-10-14(11-9-13)21-17-7-5-6-16(19)15(17)12-20/h5-11H,4H2,1-3H3. The normalized spacial score (nSPS) is 11.0. The van der Waals surface area contributed by atoms with Gasteiger partial charge in [0.05, 0.1) is 0 Å². The summed E-state index contributed by atoms with van der Waals surface area (Å²) >= 11 is 0. The van der Waals surface area contributed by atoms with Crippen molar-refractivity contribution in [3.63, 3.8) is 0 Å². The molecule has 0 aliphatic carbocycles. The van der Waals surface area contributed by atoms with Gasteiger partial charge in [0.1, 0.15) is 28.9 Å². The van der Waals surface area contributed by atoms with Crippen LogP contribution < -0.4 is 4.74 Å². The summed E-state index contributed by atoms with van der Waals surface area (Å²) in [5.41, 5.74) is 1.25. The lowest BCUT2D eigenvalue weighted by atomic mass is 9.82. The molecule has 3 heteroatoms. The van der Waals surface area contributed by atoms with Gasteiger partial charge >= 0.3 is 0 Å². The Balaban J connectivity index is 2.26. The van der Waals surface area contributed by atoms with Crippen LogP contribution in [0.5, 0.6) is 11.5 Å². The second-order valence-electron chi connectivity index (χ2n) is 5.59. The summed E-state index contributed by atoms with van der Waals surface area (Å²) in [6.45, 7) is 6.52. The fourth-order valence-corrected chi connectivity index (χ4v) is 2.00. The van der Waals surface area contributed by atoms with Gasteiger partial charge in [-0.05, 0) is 41.7 Å². The van der Waals surface area contributed by atoms with Crippen molar-refractivity contribution in [2.45, 2.75) is 32.6 Å². The van der Waals surface area contributed by atoms with E-state index in [4.69, 9.17) is 10.00 Å². The van der Waals surface area contributed by atoms with Crippen molar-refractivity contribution < 1.29 is 9.13 Å². The Morgan fingerprint density at radius 2 is 1.81 bits per heavy atom. The average molecular weight is 283 g/mol. The van der Waals surface area contributed by atoms with Gasteiger partial charge in [0.15, 0.2) is 0 Å². The first kappa shape index (κ1) is 15.1. The molecule has 0 aromatic heterocycles. The summed E-state index contributed by atoms with van der Waals surface area (Å²) in [7, 11) is 0. The van der Waals surface area contributed by atoms with E-state index in [-0.39, 0.29) is 16.7 Å². The summed E-state index contributed by atoms with van der Waals surface area (Å²) in [6.07, 6.45) is 1.04. The van der Waals surface area contributed by atoms with Gasteiger partial charge in [0.25, 0.3) is 0 Å². The van der Waals surface area contributed by atoms with Gasteiger partial charge in [0.2, 0.25) is 0 Å². The number of benzene rings is 2. The van der Waals surface area contributed by atoms with E-state index in [1.54, 1.807) is 6.07 Å². The van der Waals surface area contributed by atoms with Gasteiger partial charge in [-0.15, -0.1) is 0 Å². The van der Waals surface area contributed by atoms with Gasteiger partial charge in [-0.25, -0.2) is 4.39 Å². The van der Waals surface area contributed by atoms with E-state index in [1.165, 1.54) is 17.7 Å². The van der Waals surface area contributed by atoms with E-state index in [0.717, 1.165) is 6.42 Å². The lowest BCUT2D eigenvalue weighted by Gasteiger charge is -2.23. The van der Waals surface area contributed by atoms with E-state index in [1.807, 2.05) is 30.3 Å². The third kappa shape index (κ3) is 3.22. The minimum atomic E-state index is -0.571. The fourth-order valence-electron chi connectivity index (χ4n) is 2.00. The molecule has 0 N–H and O–H groups in total. The highest BCUT2D eigenvalue weighted by Crippen LogP contribution is 2.31. The van der Waals surface area contributed by atoms with E-state index >= 15 is 0 Å². The van der Waals surface area contributed by atoms with Crippen molar-refractivity contribution >= 4 is 0 Å². The SMILES string of the molecule is CCC(C)(C)c1ccc(Oc2cccc(F)c2C#N)cc1. The molecule has 0 heterocycles. The third-order valence-electron chi connectivity index (χ3n) is 3.83. The Kier molecular flexibility index (Phi) is 4.28. The minimum absolute atomic E-state index is 0.0736. The fraction of sp³-hybridized carbons (Fsp3) is 0.278. The molecule has 0 bridgehead atoms. The molecular formula is C18H18FNO. The summed E-state index contributed by atoms with van der Waals surface area (Å²) < 4.78 is 19.1. The van der Waals surface area contributed by atoms with Crippen molar-refractivity contribution in [1.29, 1.82) is 5.26 Å². The number of halogens is 1. The predicted molar refractivity (Wildman–Crippen MR) is 80.9 cm³/mol. The Labute approximate surface area is 124 Å². The number of hydrogen-bond acceptors (Lipinski definition) is 2. The maximum atomic E-state index is 13.5. The third-order valence-corrected chi connectivity index (χ3v) is 3.83. The Hall–Kier alpha value is -2.34. The van der Waals surface area contributed by atoms with Crippen LogP contribution in [0.3, 0.4) is 0 Å². The Bertz CT molecular complexity index is 669. The molecule has 0 saturated carbocycles. The molecule has 0 unspecified atom stereocenters. The molecule has 0 aliphatic rings. The molecule has 0 radical (unpaired) electrons. The molecule has 0 saturated heterocycles. The summed E-state index contributed by atoms with van der Waals surface area (Å²) in [4.78, 5) is 0. The maximum Gasteiger partial charge on any atom is 0.148 e. The lowest BCUT2D eigenvalue weighted by molar-refractivity contribution is 0.471. The van der Waals surface area contributed by atoms with Gasteiger partial charge in [0, 0.05) is 0 Å². The molecule has 0 atom stereocenters. The number of hydrogen-bond donors (Lipinski definition) is 0. The molecule has 0 aliphatic heterocycles. The number of nitriles is 1. The second-order valence-corrected chi connectivity index (χ2v) is 5.59. The monoisotopic (exact) mass is 283 g/mol. The minimum Gasteiger partial charge on any atom is -0.456 e. The Morgan fingerprint density at radius 1 is 1.14 bits per heavy atom. The summed E-state index contributed by atoms with van der Waals surface area (Å²) in [5, 5.41) is 8.99. The highest BCUT2D eigenvalue weighted by atomic mass is 19.1. The molecule has 0 amide bonds. The number of nitrogens with zero attached hydrogens (tertiary/aromatic N) is 1. The van der Waals surface area contributed by atoms with Crippen LogP contribution in [0.4, 0.5) is 4.39 Å². The largest absolute Gasteiger partial charge is 0.456 e. The molecule has 2 nitrogen and oxygen atoms in total. The zero-order chi connectivity index (χ0) is 15.5. The van der Waals surface area contributed by atoms with Crippen LogP contribution in [-0.4, -0.2) is 0 Å².